The fourth-order valence-electron chi connectivity index (χ4n) is 11.9. The van der Waals surface area contributed by atoms with E-state index in [9.17, 15) is 0 Å². The van der Waals surface area contributed by atoms with Gasteiger partial charge in [-0.15, -0.1) is 0 Å². The quantitative estimate of drug-likeness (QED) is 0.169. The molecule has 4 aliphatic rings. The van der Waals surface area contributed by atoms with Crippen molar-refractivity contribution in [3.63, 3.8) is 0 Å². The number of anilines is 3. The lowest BCUT2D eigenvalue weighted by Gasteiger charge is -2.37. The summed E-state index contributed by atoms with van der Waals surface area (Å²) in [7, 11) is 0. The molecular weight excluding hydrogens is 735 g/mol. The molecule has 8 aromatic rings. The highest BCUT2D eigenvalue weighted by molar-refractivity contribution is 5.98. The summed E-state index contributed by atoms with van der Waals surface area (Å²) in [6.45, 7) is 16.8. The van der Waals surface area contributed by atoms with Crippen molar-refractivity contribution in [2.45, 2.75) is 76.5 Å². The molecule has 1 unspecified atom stereocenters. The molecule has 0 amide bonds. The summed E-state index contributed by atoms with van der Waals surface area (Å²) in [5.74, 6) is 0. The minimum atomic E-state index is -0.478. The monoisotopic (exact) mass is 785 g/mol. The molecule has 12 rings (SSSR count). The van der Waals surface area contributed by atoms with Crippen molar-refractivity contribution in [3.05, 3.63) is 220 Å². The molecule has 0 aromatic heterocycles. The molecule has 3 aliphatic carbocycles. The van der Waals surface area contributed by atoms with Gasteiger partial charge in [0, 0.05) is 22.4 Å². The van der Waals surface area contributed by atoms with Gasteiger partial charge in [-0.1, -0.05) is 194 Å². The zero-order valence-electron chi connectivity index (χ0n) is 36.3. The molecule has 4 bridgehead atoms. The van der Waals surface area contributed by atoms with Gasteiger partial charge < -0.3 is 4.90 Å². The standard InChI is InChI=1S/C60H51N/c1-57(2,3)39-24-28-47-48-29-25-40-33-54(48)60(53(47)32-39)51-23-14-12-20-45(51)49-31-27-42(35-55(49)60)61(41-26-30-46-44-19-11-13-22-50(44)59(6,7)52(46)34-41)56-38(36-58(40,4)5)18-15-21-43(56)37-16-9-8-10-17-37/h8-35H,36H2,1-7H3. The summed E-state index contributed by atoms with van der Waals surface area (Å²) >= 11 is 0. The first-order valence-electron chi connectivity index (χ1n) is 22.1. The number of benzene rings is 8. The van der Waals surface area contributed by atoms with Gasteiger partial charge in [0.25, 0.3) is 0 Å². The van der Waals surface area contributed by atoms with Gasteiger partial charge in [0.15, 0.2) is 0 Å². The minimum Gasteiger partial charge on any atom is -0.310 e. The SMILES string of the molecule is CC(C)(C)c1ccc2c(c1)C13c4ccccc4-c4ccc(cc41)N(c1ccc4c(c1)C(C)(C)c1ccccc1-4)c1c(cccc1-c1ccccc1)CC(C)(C)c1ccc-2c3c1. The Bertz CT molecular complexity index is 3150. The number of rotatable bonds is 2. The smallest absolute Gasteiger partial charge is 0.0726 e. The van der Waals surface area contributed by atoms with E-state index in [1.165, 1.54) is 112 Å². The summed E-state index contributed by atoms with van der Waals surface area (Å²) in [4.78, 5) is 2.63. The molecule has 0 saturated carbocycles. The third-order valence-electron chi connectivity index (χ3n) is 15.0. The number of para-hydroxylation sites is 1. The predicted molar refractivity (Wildman–Crippen MR) is 256 cm³/mol. The lowest BCUT2D eigenvalue weighted by Crippen LogP contribution is -2.29. The zero-order valence-corrected chi connectivity index (χ0v) is 36.3. The van der Waals surface area contributed by atoms with Crippen LogP contribution in [0.5, 0.6) is 0 Å². The summed E-state index contributed by atoms with van der Waals surface area (Å²) in [6, 6.07) is 65.9. The third kappa shape index (κ3) is 4.89. The fraction of sp³-hybridized carbons (Fsp3) is 0.200. The van der Waals surface area contributed by atoms with E-state index < -0.39 is 5.41 Å². The first kappa shape index (κ1) is 36.4. The largest absolute Gasteiger partial charge is 0.310 e. The lowest BCUT2D eigenvalue weighted by molar-refractivity contribution is 0.521. The molecule has 0 saturated heterocycles. The maximum atomic E-state index is 2.63. The second-order valence-corrected chi connectivity index (χ2v) is 20.3. The normalized spacial score (nSPS) is 18.0. The molecule has 1 heterocycles. The van der Waals surface area contributed by atoms with E-state index in [4.69, 9.17) is 0 Å². The maximum Gasteiger partial charge on any atom is 0.0726 e. The molecule has 0 N–H and O–H groups in total. The molecule has 1 nitrogen and oxygen atoms in total. The average molecular weight is 786 g/mol. The molecule has 1 heteroatoms. The Morgan fingerprint density at radius 3 is 1.66 bits per heavy atom. The van der Waals surface area contributed by atoms with Gasteiger partial charge in [-0.05, 0) is 131 Å². The third-order valence-corrected chi connectivity index (χ3v) is 15.0. The summed E-state index contributed by atoms with van der Waals surface area (Å²) in [5.41, 5.74) is 25.7. The molecule has 1 aliphatic heterocycles. The summed E-state index contributed by atoms with van der Waals surface area (Å²) < 4.78 is 0. The predicted octanol–water partition coefficient (Wildman–Crippen LogP) is 15.6. The highest BCUT2D eigenvalue weighted by atomic mass is 15.1. The van der Waals surface area contributed by atoms with E-state index in [-0.39, 0.29) is 16.2 Å². The first-order chi connectivity index (χ1) is 29.4. The van der Waals surface area contributed by atoms with Crippen molar-refractivity contribution in [1.29, 1.82) is 0 Å². The van der Waals surface area contributed by atoms with Crippen molar-refractivity contribution in [3.8, 4) is 44.5 Å². The number of hydrogen-bond donors (Lipinski definition) is 0. The highest BCUT2D eigenvalue weighted by Crippen LogP contribution is 2.65. The van der Waals surface area contributed by atoms with E-state index in [1.54, 1.807) is 0 Å². The fourth-order valence-corrected chi connectivity index (χ4v) is 11.9. The van der Waals surface area contributed by atoms with Crippen LogP contribution >= 0.6 is 0 Å². The Kier molecular flexibility index (Phi) is 7.36. The second kappa shape index (κ2) is 12.3. The van der Waals surface area contributed by atoms with Crippen LogP contribution in [0.1, 0.15) is 98.5 Å². The zero-order chi connectivity index (χ0) is 41.6. The molecule has 296 valence electrons. The maximum absolute atomic E-state index is 2.63. The van der Waals surface area contributed by atoms with Gasteiger partial charge >= 0.3 is 0 Å². The van der Waals surface area contributed by atoms with Crippen LogP contribution in [0.2, 0.25) is 0 Å². The summed E-state index contributed by atoms with van der Waals surface area (Å²) in [5, 5.41) is 0. The van der Waals surface area contributed by atoms with Crippen LogP contribution in [0, 0.1) is 0 Å². The first-order valence-corrected chi connectivity index (χ1v) is 22.1. The number of fused-ring (bicyclic) bond motifs is 10. The van der Waals surface area contributed by atoms with Crippen molar-refractivity contribution < 1.29 is 0 Å². The Labute approximate surface area is 361 Å². The van der Waals surface area contributed by atoms with Crippen LogP contribution in [0.25, 0.3) is 44.5 Å². The molecule has 0 fully saturated rings. The average Bonchev–Trinajstić information content (AvgIpc) is 3.81. The van der Waals surface area contributed by atoms with Gasteiger partial charge in [-0.3, -0.25) is 0 Å². The van der Waals surface area contributed by atoms with Gasteiger partial charge in [-0.25, -0.2) is 0 Å². The molecule has 61 heavy (non-hydrogen) atoms. The van der Waals surface area contributed by atoms with Crippen molar-refractivity contribution >= 4 is 17.1 Å². The van der Waals surface area contributed by atoms with Crippen LogP contribution in [-0.2, 0) is 28.1 Å². The van der Waals surface area contributed by atoms with E-state index in [2.05, 4.69) is 223 Å². The number of nitrogens with zero attached hydrogens (tertiary/aromatic N) is 1. The molecule has 8 aromatic carbocycles. The lowest BCUT2D eigenvalue weighted by atomic mass is 9.68. The van der Waals surface area contributed by atoms with Crippen LogP contribution in [0.4, 0.5) is 17.1 Å². The summed E-state index contributed by atoms with van der Waals surface area (Å²) in [6.07, 6.45) is 0.871. The van der Waals surface area contributed by atoms with Crippen LogP contribution < -0.4 is 4.90 Å². The Balaban J connectivity index is 1.22. The van der Waals surface area contributed by atoms with Crippen molar-refractivity contribution in [2.24, 2.45) is 0 Å². The van der Waals surface area contributed by atoms with Crippen LogP contribution in [0.3, 0.4) is 0 Å². The molecule has 1 spiro atoms. The van der Waals surface area contributed by atoms with Gasteiger partial charge in [-0.2, -0.15) is 0 Å². The Morgan fingerprint density at radius 1 is 0.426 bits per heavy atom. The minimum absolute atomic E-state index is 0.00284. The highest BCUT2D eigenvalue weighted by Gasteiger charge is 2.53. The van der Waals surface area contributed by atoms with Crippen molar-refractivity contribution in [2.75, 3.05) is 4.90 Å². The van der Waals surface area contributed by atoms with E-state index in [0.717, 1.165) is 6.42 Å². The van der Waals surface area contributed by atoms with Crippen LogP contribution in [-0.4, -0.2) is 0 Å². The van der Waals surface area contributed by atoms with Gasteiger partial charge in [0.05, 0.1) is 11.1 Å². The topological polar surface area (TPSA) is 3.24 Å². The van der Waals surface area contributed by atoms with E-state index >= 15 is 0 Å². The molecule has 0 radical (unpaired) electrons. The Hall–Kier alpha value is -6.44. The van der Waals surface area contributed by atoms with E-state index in [0.29, 0.717) is 0 Å². The molecular formula is C60H51N. The Morgan fingerprint density at radius 2 is 0.951 bits per heavy atom. The van der Waals surface area contributed by atoms with Gasteiger partial charge in [0.1, 0.15) is 0 Å². The second-order valence-electron chi connectivity index (χ2n) is 20.3. The number of hydrogen-bond acceptors (Lipinski definition) is 1. The molecule has 1 atom stereocenters. The van der Waals surface area contributed by atoms with Crippen LogP contribution in [0.15, 0.2) is 170 Å². The van der Waals surface area contributed by atoms with Crippen molar-refractivity contribution in [1.82, 2.24) is 0 Å². The van der Waals surface area contributed by atoms with E-state index in [1.807, 2.05) is 0 Å². The van der Waals surface area contributed by atoms with Gasteiger partial charge in [0.2, 0.25) is 0 Å².